The number of rotatable bonds is 10. The van der Waals surface area contributed by atoms with Crippen molar-refractivity contribution in [2.75, 3.05) is 26.3 Å². The molecule has 1 unspecified atom stereocenters. The first-order chi connectivity index (χ1) is 9.63. The second kappa shape index (κ2) is 10.2. The van der Waals surface area contributed by atoms with E-state index in [1.807, 2.05) is 12.1 Å². The molecule has 0 aromatic heterocycles. The number of benzene rings is 1. The molecular weight excluding hydrogens is 270 g/mol. The molecule has 1 atom stereocenters. The van der Waals surface area contributed by atoms with Gasteiger partial charge >= 0.3 is 0 Å². The monoisotopic (exact) mass is 297 g/mol. The SMILES string of the molecule is CCNCC(CCOCC(C)C)Cc1ccccc1Cl. The molecule has 0 saturated heterocycles. The summed E-state index contributed by atoms with van der Waals surface area (Å²) in [6, 6.07) is 8.13. The van der Waals surface area contributed by atoms with Crippen molar-refractivity contribution in [3.63, 3.8) is 0 Å². The van der Waals surface area contributed by atoms with Gasteiger partial charge in [-0.25, -0.2) is 0 Å². The zero-order valence-corrected chi connectivity index (χ0v) is 13.7. The van der Waals surface area contributed by atoms with Gasteiger partial charge in [0.1, 0.15) is 0 Å². The van der Waals surface area contributed by atoms with Crippen LogP contribution >= 0.6 is 11.6 Å². The summed E-state index contributed by atoms with van der Waals surface area (Å²) in [6.07, 6.45) is 2.09. The predicted octanol–water partition coefficient (Wildman–Crippen LogP) is 4.17. The molecule has 0 saturated carbocycles. The van der Waals surface area contributed by atoms with E-state index >= 15 is 0 Å². The van der Waals surface area contributed by atoms with Gasteiger partial charge in [0, 0.05) is 18.2 Å². The van der Waals surface area contributed by atoms with Gasteiger partial charge in [-0.3, -0.25) is 0 Å². The van der Waals surface area contributed by atoms with Crippen LogP contribution < -0.4 is 5.32 Å². The summed E-state index contributed by atoms with van der Waals surface area (Å²) in [5.41, 5.74) is 1.24. The van der Waals surface area contributed by atoms with E-state index in [0.29, 0.717) is 11.8 Å². The minimum atomic E-state index is 0.571. The van der Waals surface area contributed by atoms with Gasteiger partial charge in [-0.15, -0.1) is 0 Å². The van der Waals surface area contributed by atoms with Gasteiger partial charge in [-0.05, 0) is 49.4 Å². The van der Waals surface area contributed by atoms with E-state index in [1.165, 1.54) is 5.56 Å². The number of hydrogen-bond acceptors (Lipinski definition) is 2. The van der Waals surface area contributed by atoms with Crippen molar-refractivity contribution in [3.8, 4) is 0 Å². The first kappa shape index (κ1) is 17.5. The van der Waals surface area contributed by atoms with Gasteiger partial charge in [-0.1, -0.05) is 50.6 Å². The van der Waals surface area contributed by atoms with E-state index in [9.17, 15) is 0 Å². The topological polar surface area (TPSA) is 21.3 Å². The third kappa shape index (κ3) is 7.28. The van der Waals surface area contributed by atoms with Crippen LogP contribution in [0.3, 0.4) is 0 Å². The Morgan fingerprint density at radius 3 is 2.65 bits per heavy atom. The quantitative estimate of drug-likeness (QED) is 0.654. The van der Waals surface area contributed by atoms with E-state index in [0.717, 1.165) is 44.2 Å². The van der Waals surface area contributed by atoms with Crippen LogP contribution in [0, 0.1) is 11.8 Å². The molecule has 1 N–H and O–H groups in total. The average Bonchev–Trinajstić information content (AvgIpc) is 2.42. The van der Waals surface area contributed by atoms with Crippen LogP contribution in [0.2, 0.25) is 5.02 Å². The summed E-state index contributed by atoms with van der Waals surface area (Å²) in [6.45, 7) is 10.2. The Balaban J connectivity index is 2.45. The smallest absolute Gasteiger partial charge is 0.0488 e. The maximum Gasteiger partial charge on any atom is 0.0488 e. The van der Waals surface area contributed by atoms with Crippen LogP contribution in [-0.2, 0) is 11.2 Å². The van der Waals surface area contributed by atoms with Crippen LogP contribution in [0.4, 0.5) is 0 Å². The van der Waals surface area contributed by atoms with Crippen molar-refractivity contribution in [2.45, 2.75) is 33.6 Å². The van der Waals surface area contributed by atoms with Gasteiger partial charge < -0.3 is 10.1 Å². The van der Waals surface area contributed by atoms with Crippen LogP contribution in [0.1, 0.15) is 32.8 Å². The van der Waals surface area contributed by atoms with E-state index in [1.54, 1.807) is 0 Å². The summed E-state index contributed by atoms with van der Waals surface area (Å²) in [4.78, 5) is 0. The van der Waals surface area contributed by atoms with Crippen LogP contribution in [0.5, 0.6) is 0 Å². The van der Waals surface area contributed by atoms with Crippen molar-refractivity contribution in [3.05, 3.63) is 34.9 Å². The third-order valence-electron chi connectivity index (χ3n) is 3.27. The minimum Gasteiger partial charge on any atom is -0.381 e. The van der Waals surface area contributed by atoms with E-state index in [2.05, 4.69) is 38.2 Å². The Labute approximate surface area is 128 Å². The zero-order valence-electron chi connectivity index (χ0n) is 13.0. The Morgan fingerprint density at radius 2 is 2.00 bits per heavy atom. The van der Waals surface area contributed by atoms with Gasteiger partial charge in [0.15, 0.2) is 0 Å². The highest BCUT2D eigenvalue weighted by Gasteiger charge is 2.11. The van der Waals surface area contributed by atoms with Crippen molar-refractivity contribution in [1.29, 1.82) is 0 Å². The van der Waals surface area contributed by atoms with Crippen molar-refractivity contribution in [2.24, 2.45) is 11.8 Å². The fraction of sp³-hybridized carbons (Fsp3) is 0.647. The highest BCUT2D eigenvalue weighted by molar-refractivity contribution is 6.31. The fourth-order valence-electron chi connectivity index (χ4n) is 2.17. The van der Waals surface area contributed by atoms with E-state index in [4.69, 9.17) is 16.3 Å². The second-order valence-electron chi connectivity index (χ2n) is 5.73. The second-order valence-corrected chi connectivity index (χ2v) is 6.13. The molecule has 0 bridgehead atoms. The number of ether oxygens (including phenoxy) is 1. The summed E-state index contributed by atoms with van der Waals surface area (Å²) in [5, 5.41) is 4.31. The number of nitrogens with one attached hydrogen (secondary N) is 1. The molecular formula is C17H28ClNO. The summed E-state index contributed by atoms with van der Waals surface area (Å²) in [7, 11) is 0. The minimum absolute atomic E-state index is 0.571. The van der Waals surface area contributed by atoms with Crippen molar-refractivity contribution >= 4 is 11.6 Å². The largest absolute Gasteiger partial charge is 0.381 e. The molecule has 1 rings (SSSR count). The number of halogens is 1. The Morgan fingerprint density at radius 1 is 1.25 bits per heavy atom. The molecule has 114 valence electrons. The summed E-state index contributed by atoms with van der Waals surface area (Å²) >= 11 is 6.25. The molecule has 20 heavy (non-hydrogen) atoms. The molecule has 0 heterocycles. The van der Waals surface area contributed by atoms with Crippen LogP contribution in [0.25, 0.3) is 0 Å². The fourth-order valence-corrected chi connectivity index (χ4v) is 2.38. The Hall–Kier alpha value is -0.570. The van der Waals surface area contributed by atoms with Gasteiger partial charge in [0.25, 0.3) is 0 Å². The first-order valence-corrected chi connectivity index (χ1v) is 8.03. The summed E-state index contributed by atoms with van der Waals surface area (Å²) < 4.78 is 5.71. The third-order valence-corrected chi connectivity index (χ3v) is 3.64. The lowest BCUT2D eigenvalue weighted by atomic mass is 9.96. The number of hydrogen-bond donors (Lipinski definition) is 1. The zero-order chi connectivity index (χ0) is 14.8. The standard InChI is InChI=1S/C17H28ClNO/c1-4-19-12-15(9-10-20-13-14(2)3)11-16-7-5-6-8-17(16)18/h5-8,14-15,19H,4,9-13H2,1-3H3. The van der Waals surface area contributed by atoms with E-state index in [-0.39, 0.29) is 0 Å². The first-order valence-electron chi connectivity index (χ1n) is 7.65. The Kier molecular flexibility index (Phi) is 8.92. The van der Waals surface area contributed by atoms with Gasteiger partial charge in [0.05, 0.1) is 0 Å². The Bertz CT molecular complexity index is 368. The lowest BCUT2D eigenvalue weighted by Gasteiger charge is -2.18. The maximum atomic E-state index is 6.25. The molecule has 0 spiro atoms. The molecule has 0 aliphatic carbocycles. The lowest BCUT2D eigenvalue weighted by Crippen LogP contribution is -2.25. The van der Waals surface area contributed by atoms with Crippen LogP contribution in [0.15, 0.2) is 24.3 Å². The lowest BCUT2D eigenvalue weighted by molar-refractivity contribution is 0.0976. The molecule has 1 aromatic carbocycles. The predicted molar refractivity (Wildman–Crippen MR) is 87.5 cm³/mol. The highest BCUT2D eigenvalue weighted by atomic mass is 35.5. The normalized spacial score (nSPS) is 12.8. The van der Waals surface area contributed by atoms with Crippen LogP contribution in [-0.4, -0.2) is 26.3 Å². The van der Waals surface area contributed by atoms with Gasteiger partial charge in [0.2, 0.25) is 0 Å². The molecule has 0 aliphatic heterocycles. The van der Waals surface area contributed by atoms with Gasteiger partial charge in [-0.2, -0.15) is 0 Å². The molecule has 0 radical (unpaired) electrons. The molecule has 0 aliphatic rings. The highest BCUT2D eigenvalue weighted by Crippen LogP contribution is 2.20. The van der Waals surface area contributed by atoms with Crippen molar-refractivity contribution < 1.29 is 4.74 Å². The molecule has 2 nitrogen and oxygen atoms in total. The molecule has 3 heteroatoms. The summed E-state index contributed by atoms with van der Waals surface area (Å²) in [5.74, 6) is 1.17. The molecule has 0 amide bonds. The van der Waals surface area contributed by atoms with Crippen molar-refractivity contribution in [1.82, 2.24) is 5.32 Å². The average molecular weight is 298 g/mol. The van der Waals surface area contributed by atoms with E-state index < -0.39 is 0 Å². The molecule has 0 fully saturated rings. The molecule has 1 aromatic rings. The maximum absolute atomic E-state index is 6.25.